The molecule has 0 spiro atoms. The molecule has 1 aromatic heterocycles. The molecule has 0 amide bonds. The zero-order valence-electron chi connectivity index (χ0n) is 13.8. The molecule has 0 bridgehead atoms. The van der Waals surface area contributed by atoms with Gasteiger partial charge in [-0.3, -0.25) is 4.79 Å². The maximum absolute atomic E-state index is 12.6. The molecule has 0 aliphatic rings. The van der Waals surface area contributed by atoms with Crippen LogP contribution in [0.1, 0.15) is 21.5 Å². The van der Waals surface area contributed by atoms with E-state index in [1.807, 2.05) is 12.1 Å². The van der Waals surface area contributed by atoms with Crippen LogP contribution in [0.5, 0.6) is 0 Å². The summed E-state index contributed by atoms with van der Waals surface area (Å²) >= 11 is 12.2. The number of carboxylic acids is 1. The van der Waals surface area contributed by atoms with Crippen molar-refractivity contribution in [2.75, 3.05) is 6.61 Å². The number of benzene rings is 2. The number of carbonyl (C=O) groups is 2. The maximum atomic E-state index is 12.6. The van der Waals surface area contributed by atoms with Crippen molar-refractivity contribution < 1.29 is 19.4 Å². The van der Waals surface area contributed by atoms with E-state index < -0.39 is 24.0 Å². The van der Waals surface area contributed by atoms with E-state index in [0.29, 0.717) is 22.0 Å². The normalized spacial score (nSPS) is 10.7. The predicted octanol–water partition coefficient (Wildman–Crippen LogP) is 3.67. The van der Waals surface area contributed by atoms with Gasteiger partial charge in [-0.05, 0) is 35.7 Å². The summed E-state index contributed by atoms with van der Waals surface area (Å²) in [6.45, 7) is -0.816. The number of fused-ring (bicyclic) bond motifs is 1. The molecule has 0 saturated heterocycles. The van der Waals surface area contributed by atoms with Gasteiger partial charge in [0, 0.05) is 17.1 Å². The molecule has 0 saturated carbocycles. The highest BCUT2D eigenvalue weighted by Gasteiger charge is 2.16. The first kappa shape index (κ1) is 18.9. The van der Waals surface area contributed by atoms with Crippen molar-refractivity contribution in [1.29, 1.82) is 0 Å². The van der Waals surface area contributed by atoms with E-state index in [0.717, 1.165) is 11.1 Å². The molecule has 0 unspecified atom stereocenters. The number of carboxylic acid groups (broad SMARTS) is 1. The van der Waals surface area contributed by atoms with Gasteiger partial charge in [-0.2, -0.15) is 0 Å². The maximum Gasteiger partial charge on any atom is 0.344 e. The van der Waals surface area contributed by atoms with Gasteiger partial charge < -0.3 is 14.8 Å². The van der Waals surface area contributed by atoms with Gasteiger partial charge in [0.15, 0.2) is 6.61 Å². The van der Waals surface area contributed by atoms with Crippen LogP contribution >= 0.6 is 23.2 Å². The molecule has 0 aliphatic carbocycles. The summed E-state index contributed by atoms with van der Waals surface area (Å²) in [7, 11) is 0. The third-order valence-corrected chi connectivity index (χ3v) is 4.78. The number of halogens is 2. The van der Waals surface area contributed by atoms with E-state index in [2.05, 4.69) is 9.72 Å². The van der Waals surface area contributed by atoms with Crippen molar-refractivity contribution in [3.63, 3.8) is 0 Å². The van der Waals surface area contributed by atoms with E-state index in [1.165, 1.54) is 6.20 Å². The van der Waals surface area contributed by atoms with E-state index in [9.17, 15) is 14.4 Å². The number of hydrogen-bond acceptors (Lipinski definition) is 4. The summed E-state index contributed by atoms with van der Waals surface area (Å²) in [6.07, 6.45) is 1.66. The zero-order chi connectivity index (χ0) is 19.6. The molecular weight excluding hydrogens is 393 g/mol. The van der Waals surface area contributed by atoms with Crippen LogP contribution in [0.3, 0.4) is 0 Å². The number of ether oxygens (including phenoxy) is 1. The Bertz CT molecular complexity index is 1110. The topological polar surface area (TPSA) is 96.5 Å². The molecule has 27 heavy (non-hydrogen) atoms. The fraction of sp³-hybridized carbons (Fsp3) is 0.105. The lowest BCUT2D eigenvalue weighted by atomic mass is 10.0. The molecule has 3 rings (SSSR count). The standard InChI is InChI=1S/C19H13Cl2NO5/c20-14-3-1-2-11(17(14)21)6-10-4-5-15-12(7-10)18(25)13(8-22-15)19(26)27-9-16(23)24/h1-5,7-8H,6,9H2,(H,22,25)(H,23,24). The number of aromatic nitrogens is 1. The number of nitrogens with one attached hydrogen (secondary N) is 1. The van der Waals surface area contributed by atoms with Crippen LogP contribution in [-0.2, 0) is 16.0 Å². The van der Waals surface area contributed by atoms with Gasteiger partial charge in [-0.15, -0.1) is 0 Å². The molecule has 3 aromatic rings. The smallest absolute Gasteiger partial charge is 0.344 e. The van der Waals surface area contributed by atoms with E-state index in [1.54, 1.807) is 24.3 Å². The number of carbonyl (C=O) groups excluding carboxylic acids is 1. The summed E-state index contributed by atoms with van der Waals surface area (Å²) in [4.78, 5) is 37.9. The first-order valence-corrected chi connectivity index (χ1v) is 8.58. The molecule has 2 aromatic carbocycles. The lowest BCUT2D eigenvalue weighted by Crippen LogP contribution is -2.20. The van der Waals surface area contributed by atoms with E-state index >= 15 is 0 Å². The average Bonchev–Trinajstić information content (AvgIpc) is 2.64. The molecule has 2 N–H and O–H groups in total. The van der Waals surface area contributed by atoms with E-state index in [4.69, 9.17) is 28.3 Å². The first-order chi connectivity index (χ1) is 12.9. The third kappa shape index (κ3) is 4.13. The molecule has 0 fully saturated rings. The minimum atomic E-state index is -1.30. The van der Waals surface area contributed by atoms with Gasteiger partial charge >= 0.3 is 11.9 Å². The van der Waals surface area contributed by atoms with Crippen LogP contribution in [-0.4, -0.2) is 28.6 Å². The number of H-pyrrole nitrogens is 1. The van der Waals surface area contributed by atoms with Crippen LogP contribution < -0.4 is 5.43 Å². The van der Waals surface area contributed by atoms with Crippen LogP contribution in [0.15, 0.2) is 47.4 Å². The van der Waals surface area contributed by atoms with Gasteiger partial charge in [0.05, 0.1) is 10.0 Å². The number of esters is 1. The van der Waals surface area contributed by atoms with Crippen LogP contribution in [0, 0.1) is 0 Å². The summed E-state index contributed by atoms with van der Waals surface area (Å²) in [5.41, 5.74) is 1.33. The summed E-state index contributed by atoms with van der Waals surface area (Å²) < 4.78 is 4.58. The van der Waals surface area contributed by atoms with Gasteiger partial charge in [-0.25, -0.2) is 9.59 Å². The predicted molar refractivity (Wildman–Crippen MR) is 102 cm³/mol. The Kier molecular flexibility index (Phi) is 5.48. The quantitative estimate of drug-likeness (QED) is 0.631. The molecule has 8 heteroatoms. The van der Waals surface area contributed by atoms with Gasteiger partial charge in [0.2, 0.25) is 5.43 Å². The minimum absolute atomic E-state index is 0.262. The fourth-order valence-electron chi connectivity index (χ4n) is 2.64. The average molecular weight is 406 g/mol. The van der Waals surface area contributed by atoms with Gasteiger partial charge in [0.25, 0.3) is 0 Å². The van der Waals surface area contributed by atoms with Crippen molar-refractivity contribution >= 4 is 46.0 Å². The van der Waals surface area contributed by atoms with Crippen LogP contribution in [0.25, 0.3) is 10.9 Å². The molecule has 0 radical (unpaired) electrons. The Morgan fingerprint density at radius 1 is 1.15 bits per heavy atom. The lowest BCUT2D eigenvalue weighted by molar-refractivity contribution is -0.140. The number of hydrogen-bond donors (Lipinski definition) is 2. The third-order valence-electron chi connectivity index (χ3n) is 3.92. The van der Waals surface area contributed by atoms with Crippen molar-refractivity contribution in [2.24, 2.45) is 0 Å². The number of aliphatic carboxylic acids is 1. The Balaban J connectivity index is 1.97. The molecule has 6 nitrogen and oxygen atoms in total. The monoisotopic (exact) mass is 405 g/mol. The summed E-state index contributed by atoms with van der Waals surface area (Å²) in [6, 6.07) is 10.5. The van der Waals surface area contributed by atoms with Crippen LogP contribution in [0.2, 0.25) is 10.0 Å². The molecule has 0 atom stereocenters. The molecular formula is C19H13Cl2NO5. The Hall–Kier alpha value is -2.83. The summed E-state index contributed by atoms with van der Waals surface area (Å²) in [5, 5.41) is 9.76. The number of rotatable bonds is 5. The summed E-state index contributed by atoms with van der Waals surface area (Å²) in [5.74, 6) is -2.30. The van der Waals surface area contributed by atoms with Crippen molar-refractivity contribution in [1.82, 2.24) is 4.98 Å². The van der Waals surface area contributed by atoms with Crippen molar-refractivity contribution in [3.05, 3.63) is 79.6 Å². The second-order valence-corrected chi connectivity index (χ2v) is 6.56. The largest absolute Gasteiger partial charge is 0.479 e. The SMILES string of the molecule is O=C(O)COC(=O)c1c[nH]c2ccc(Cc3cccc(Cl)c3Cl)cc2c1=O. The van der Waals surface area contributed by atoms with E-state index in [-0.39, 0.29) is 10.9 Å². The highest BCUT2D eigenvalue weighted by Crippen LogP contribution is 2.27. The Morgan fingerprint density at radius 2 is 1.93 bits per heavy atom. The zero-order valence-corrected chi connectivity index (χ0v) is 15.3. The number of pyridine rings is 1. The Labute approximate surface area is 163 Å². The molecule has 0 aliphatic heterocycles. The van der Waals surface area contributed by atoms with Crippen LogP contribution in [0.4, 0.5) is 0 Å². The number of aromatic amines is 1. The minimum Gasteiger partial charge on any atom is -0.479 e. The molecule has 138 valence electrons. The lowest BCUT2D eigenvalue weighted by Gasteiger charge is -2.08. The second kappa shape index (κ2) is 7.82. The van der Waals surface area contributed by atoms with Gasteiger partial charge in [0.1, 0.15) is 5.56 Å². The Morgan fingerprint density at radius 3 is 2.67 bits per heavy atom. The first-order valence-electron chi connectivity index (χ1n) is 7.83. The van der Waals surface area contributed by atoms with Crippen molar-refractivity contribution in [2.45, 2.75) is 6.42 Å². The second-order valence-electron chi connectivity index (χ2n) is 5.77. The van der Waals surface area contributed by atoms with Crippen molar-refractivity contribution in [3.8, 4) is 0 Å². The highest BCUT2D eigenvalue weighted by atomic mass is 35.5. The molecule has 1 heterocycles. The van der Waals surface area contributed by atoms with Gasteiger partial charge in [-0.1, -0.05) is 41.4 Å². The highest BCUT2D eigenvalue weighted by molar-refractivity contribution is 6.42. The fourth-order valence-corrected chi connectivity index (χ4v) is 3.02.